The number of fused-ring (bicyclic) bond motifs is 1. The number of imidazole rings is 1. The van der Waals surface area contributed by atoms with Gasteiger partial charge in [-0.05, 0) is 62.1 Å². The molecule has 2 amide bonds. The molecule has 2 aliphatic heterocycles. The van der Waals surface area contributed by atoms with Crippen molar-refractivity contribution < 1.29 is 22.8 Å². The van der Waals surface area contributed by atoms with E-state index in [2.05, 4.69) is 4.98 Å². The molecule has 0 unspecified atom stereocenters. The van der Waals surface area contributed by atoms with Crippen molar-refractivity contribution in [3.63, 3.8) is 0 Å². The van der Waals surface area contributed by atoms with Crippen LogP contribution in [0.1, 0.15) is 53.3 Å². The second-order valence-corrected chi connectivity index (χ2v) is 9.38. The van der Waals surface area contributed by atoms with Gasteiger partial charge in [-0.25, -0.2) is 4.98 Å². The molecule has 0 aliphatic carbocycles. The summed E-state index contributed by atoms with van der Waals surface area (Å²) in [7, 11) is 0. The van der Waals surface area contributed by atoms with Gasteiger partial charge < -0.3 is 14.8 Å². The summed E-state index contributed by atoms with van der Waals surface area (Å²) in [5, 5.41) is 0. The number of aromatic amines is 1. The molecule has 0 saturated carbocycles. The Bertz CT molecular complexity index is 1170. The average Bonchev–Trinajstić information content (AvgIpc) is 3.32. The Morgan fingerprint density at radius 2 is 1.49 bits per heavy atom. The highest BCUT2D eigenvalue weighted by Gasteiger charge is 2.34. The summed E-state index contributed by atoms with van der Waals surface area (Å²) < 4.78 is 38.3. The molecular weight excluding hydrogens is 457 g/mol. The number of aromatic nitrogens is 2. The summed E-state index contributed by atoms with van der Waals surface area (Å²) in [6, 6.07) is 12.2. The van der Waals surface area contributed by atoms with E-state index in [9.17, 15) is 22.8 Å². The Morgan fingerprint density at radius 1 is 0.857 bits per heavy atom. The Morgan fingerprint density at radius 3 is 2.11 bits per heavy atom. The lowest BCUT2D eigenvalue weighted by atomic mass is 9.91. The number of halogens is 3. The fourth-order valence-electron chi connectivity index (χ4n) is 5.11. The van der Waals surface area contributed by atoms with Crippen LogP contribution >= 0.6 is 0 Å². The van der Waals surface area contributed by atoms with Gasteiger partial charge in [-0.1, -0.05) is 12.1 Å². The molecule has 6 nitrogen and oxygen atoms in total. The minimum atomic E-state index is -4.43. The van der Waals surface area contributed by atoms with Gasteiger partial charge in [0.2, 0.25) is 5.91 Å². The number of benzene rings is 2. The number of H-pyrrole nitrogens is 1. The van der Waals surface area contributed by atoms with Crippen molar-refractivity contribution in [3.05, 3.63) is 65.5 Å². The highest BCUT2D eigenvalue weighted by Crippen LogP contribution is 2.31. The van der Waals surface area contributed by atoms with E-state index in [4.69, 9.17) is 4.98 Å². The summed E-state index contributed by atoms with van der Waals surface area (Å²) in [5.41, 5.74) is 1.44. The second-order valence-electron chi connectivity index (χ2n) is 9.38. The molecule has 2 aromatic carbocycles. The number of nitrogens with zero attached hydrogens (tertiary/aromatic N) is 3. The van der Waals surface area contributed by atoms with Crippen LogP contribution in [0.4, 0.5) is 13.2 Å². The van der Waals surface area contributed by atoms with Crippen molar-refractivity contribution in [1.29, 1.82) is 0 Å². The lowest BCUT2D eigenvalue weighted by molar-refractivity contribution is -0.138. The number of likely N-dealkylation sites (tertiary alicyclic amines) is 2. The third kappa shape index (κ3) is 4.90. The fourth-order valence-corrected chi connectivity index (χ4v) is 5.11. The molecule has 35 heavy (non-hydrogen) atoms. The summed E-state index contributed by atoms with van der Waals surface area (Å²) >= 11 is 0. The van der Waals surface area contributed by atoms with Gasteiger partial charge in [0.15, 0.2) is 0 Å². The third-order valence-electron chi connectivity index (χ3n) is 7.19. The monoisotopic (exact) mass is 484 g/mol. The summed E-state index contributed by atoms with van der Waals surface area (Å²) in [4.78, 5) is 37.5. The lowest BCUT2D eigenvalue weighted by Gasteiger charge is -2.37. The maximum Gasteiger partial charge on any atom is 0.416 e. The van der Waals surface area contributed by atoms with E-state index < -0.39 is 11.7 Å². The maximum atomic E-state index is 13.1. The van der Waals surface area contributed by atoms with Gasteiger partial charge in [0.25, 0.3) is 5.91 Å². The van der Waals surface area contributed by atoms with Crippen LogP contribution in [0.25, 0.3) is 11.0 Å². The normalized spacial score (nSPS) is 18.3. The highest BCUT2D eigenvalue weighted by molar-refractivity contribution is 5.94. The molecule has 184 valence electrons. The Balaban J connectivity index is 1.12. The third-order valence-corrected chi connectivity index (χ3v) is 7.19. The SMILES string of the molecule is O=C(c1ccc(C(F)(F)F)cc1)N1CCC(C(=O)N2CCC(c3nc4ccccc4[nH]3)CC2)CC1. The number of carbonyl (C=O) groups excluding carboxylic acids is 2. The molecule has 9 heteroatoms. The number of piperidine rings is 2. The molecule has 2 fully saturated rings. The zero-order chi connectivity index (χ0) is 24.6. The number of amides is 2. The molecule has 1 aromatic heterocycles. The van der Waals surface area contributed by atoms with Crippen LogP contribution < -0.4 is 0 Å². The predicted molar refractivity (Wildman–Crippen MR) is 125 cm³/mol. The van der Waals surface area contributed by atoms with Gasteiger partial charge in [0.1, 0.15) is 5.82 Å². The zero-order valence-electron chi connectivity index (χ0n) is 19.2. The number of alkyl halides is 3. The van der Waals surface area contributed by atoms with Crippen LogP contribution in [-0.4, -0.2) is 57.8 Å². The van der Waals surface area contributed by atoms with Crippen LogP contribution in [0.3, 0.4) is 0 Å². The van der Waals surface area contributed by atoms with Gasteiger partial charge in [0.05, 0.1) is 16.6 Å². The molecule has 1 N–H and O–H groups in total. The molecule has 0 bridgehead atoms. The van der Waals surface area contributed by atoms with Gasteiger partial charge in [-0.3, -0.25) is 9.59 Å². The van der Waals surface area contributed by atoms with E-state index in [1.165, 1.54) is 12.1 Å². The first-order valence-corrected chi connectivity index (χ1v) is 12.0. The van der Waals surface area contributed by atoms with Gasteiger partial charge >= 0.3 is 6.18 Å². The van der Waals surface area contributed by atoms with Gasteiger partial charge in [-0.2, -0.15) is 13.2 Å². The first-order chi connectivity index (χ1) is 16.8. The first kappa shape index (κ1) is 23.4. The van der Waals surface area contributed by atoms with Gasteiger partial charge in [-0.15, -0.1) is 0 Å². The first-order valence-electron chi connectivity index (χ1n) is 12.0. The number of nitrogens with one attached hydrogen (secondary N) is 1. The van der Waals surface area contributed by atoms with Crippen LogP contribution in [0.2, 0.25) is 0 Å². The quantitative estimate of drug-likeness (QED) is 0.579. The Labute approximate surface area is 201 Å². The smallest absolute Gasteiger partial charge is 0.342 e. The molecule has 2 aliphatic rings. The van der Waals surface area contributed by atoms with Gasteiger partial charge in [0, 0.05) is 43.6 Å². The number of carbonyl (C=O) groups is 2. The van der Waals surface area contributed by atoms with Crippen molar-refractivity contribution >= 4 is 22.8 Å². The van der Waals surface area contributed by atoms with E-state index in [0.717, 1.165) is 41.8 Å². The Kier molecular flexibility index (Phi) is 6.25. The van der Waals surface area contributed by atoms with E-state index in [-0.39, 0.29) is 23.3 Å². The van der Waals surface area contributed by atoms with E-state index in [0.29, 0.717) is 44.9 Å². The molecule has 3 aromatic rings. The molecule has 5 rings (SSSR count). The number of para-hydroxylation sites is 2. The number of hydrogen-bond donors (Lipinski definition) is 1. The van der Waals surface area contributed by atoms with E-state index in [1.54, 1.807) is 4.90 Å². The highest BCUT2D eigenvalue weighted by atomic mass is 19.4. The van der Waals surface area contributed by atoms with Crippen molar-refractivity contribution in [1.82, 2.24) is 19.8 Å². The fraction of sp³-hybridized carbons (Fsp3) is 0.423. The largest absolute Gasteiger partial charge is 0.416 e. The van der Waals surface area contributed by atoms with Crippen LogP contribution in [0.15, 0.2) is 48.5 Å². The van der Waals surface area contributed by atoms with E-state index >= 15 is 0 Å². The topological polar surface area (TPSA) is 69.3 Å². The molecule has 0 radical (unpaired) electrons. The second kappa shape index (κ2) is 9.36. The molecular formula is C26H27F3N4O2. The maximum absolute atomic E-state index is 13.1. The van der Waals surface area contributed by atoms with Crippen LogP contribution in [-0.2, 0) is 11.0 Å². The van der Waals surface area contributed by atoms with Crippen molar-refractivity contribution in [2.75, 3.05) is 26.2 Å². The minimum Gasteiger partial charge on any atom is -0.342 e. The molecule has 2 saturated heterocycles. The average molecular weight is 485 g/mol. The standard InChI is InChI=1S/C26H27F3N4O2/c27-26(28,29)20-7-5-18(6-8-20)24(34)33-15-11-19(12-16-33)25(35)32-13-9-17(10-14-32)23-30-21-3-1-2-4-22(21)31-23/h1-8,17,19H,9-16H2,(H,30,31). The molecule has 3 heterocycles. The van der Waals surface area contributed by atoms with Crippen molar-refractivity contribution in [2.45, 2.75) is 37.8 Å². The lowest BCUT2D eigenvalue weighted by Crippen LogP contribution is -2.46. The predicted octanol–water partition coefficient (Wildman–Crippen LogP) is 4.84. The summed E-state index contributed by atoms with van der Waals surface area (Å²) in [6.07, 6.45) is -1.59. The number of hydrogen-bond acceptors (Lipinski definition) is 3. The molecule has 0 spiro atoms. The van der Waals surface area contributed by atoms with Crippen molar-refractivity contribution in [2.24, 2.45) is 5.92 Å². The van der Waals surface area contributed by atoms with Crippen LogP contribution in [0, 0.1) is 5.92 Å². The minimum absolute atomic E-state index is 0.130. The molecule has 0 atom stereocenters. The summed E-state index contributed by atoms with van der Waals surface area (Å²) in [6.45, 7) is 2.22. The Hall–Kier alpha value is -3.36. The van der Waals surface area contributed by atoms with Crippen LogP contribution in [0.5, 0.6) is 0 Å². The summed E-state index contributed by atoms with van der Waals surface area (Å²) in [5.74, 6) is 0.989. The van der Waals surface area contributed by atoms with Crippen molar-refractivity contribution in [3.8, 4) is 0 Å². The number of rotatable bonds is 3. The zero-order valence-corrected chi connectivity index (χ0v) is 19.2. The van der Waals surface area contributed by atoms with E-state index in [1.807, 2.05) is 29.2 Å².